The van der Waals surface area contributed by atoms with E-state index in [9.17, 15) is 18.0 Å². The summed E-state index contributed by atoms with van der Waals surface area (Å²) in [7, 11) is 0. The van der Waals surface area contributed by atoms with Crippen LogP contribution in [0.5, 0.6) is 0 Å². The molecule has 0 aliphatic carbocycles. The van der Waals surface area contributed by atoms with Gasteiger partial charge < -0.3 is 10.4 Å². The van der Waals surface area contributed by atoms with Gasteiger partial charge in [-0.1, -0.05) is 6.07 Å². The lowest BCUT2D eigenvalue weighted by Crippen LogP contribution is -2.55. The van der Waals surface area contributed by atoms with Gasteiger partial charge >= 0.3 is 12.3 Å². The van der Waals surface area contributed by atoms with Crippen LogP contribution in [0.3, 0.4) is 0 Å². The van der Waals surface area contributed by atoms with Crippen LogP contribution in [0.2, 0.25) is 0 Å². The molecule has 0 saturated carbocycles. The number of aliphatic imine (C=N–C) groups is 1. The van der Waals surface area contributed by atoms with Crippen LogP contribution in [0.4, 0.5) is 35.3 Å². The van der Waals surface area contributed by atoms with Crippen molar-refractivity contribution in [1.82, 2.24) is 20.8 Å². The van der Waals surface area contributed by atoms with Gasteiger partial charge in [-0.25, -0.2) is 9.78 Å². The first-order chi connectivity index (χ1) is 14.6. The Hall–Kier alpha value is -4.03. The van der Waals surface area contributed by atoms with E-state index >= 15 is 0 Å². The molecule has 0 aromatic carbocycles. The van der Waals surface area contributed by atoms with E-state index in [1.807, 2.05) is 13.8 Å². The van der Waals surface area contributed by atoms with Crippen molar-refractivity contribution in [2.75, 3.05) is 15.8 Å². The zero-order chi connectivity index (χ0) is 22.6. The molecule has 1 amide bonds. The molecule has 0 spiro atoms. The third-order valence-electron chi connectivity index (χ3n) is 3.66. The number of rotatable bonds is 5. The Morgan fingerprint density at radius 2 is 2.03 bits per heavy atom. The number of hydrazine groups is 2. The summed E-state index contributed by atoms with van der Waals surface area (Å²) in [5, 5.41) is 15.2. The van der Waals surface area contributed by atoms with Crippen molar-refractivity contribution < 1.29 is 23.1 Å². The van der Waals surface area contributed by atoms with E-state index < -0.39 is 18.0 Å². The summed E-state index contributed by atoms with van der Waals surface area (Å²) in [5.41, 5.74) is 4.99. The second-order valence-electron chi connectivity index (χ2n) is 6.59. The van der Waals surface area contributed by atoms with E-state index in [0.717, 1.165) is 12.3 Å². The number of halogens is 3. The maximum atomic E-state index is 12.9. The van der Waals surface area contributed by atoms with Crippen LogP contribution in [0.25, 0.3) is 0 Å². The molecule has 0 radical (unpaired) electrons. The van der Waals surface area contributed by atoms with Crippen molar-refractivity contribution in [3.8, 4) is 0 Å². The van der Waals surface area contributed by atoms with Gasteiger partial charge in [0.05, 0.1) is 0 Å². The molecule has 31 heavy (non-hydrogen) atoms. The number of hydrogen-bond donors (Lipinski definition) is 5. The number of alkyl halides is 3. The molecule has 2 aromatic rings. The summed E-state index contributed by atoms with van der Waals surface area (Å²) >= 11 is 0. The van der Waals surface area contributed by atoms with Crippen LogP contribution in [0, 0.1) is 0 Å². The summed E-state index contributed by atoms with van der Waals surface area (Å²) in [6.07, 6.45) is -3.22. The van der Waals surface area contributed by atoms with Crippen molar-refractivity contribution in [1.29, 1.82) is 0 Å². The molecule has 0 bridgehead atoms. The van der Waals surface area contributed by atoms with Gasteiger partial charge in [-0.3, -0.25) is 26.1 Å². The minimum atomic E-state index is -4.58. The SMILES string of the molecule is CC(C)N=C1C=C(Nc2ccnc(C(F)(F)F)c2)NN(c2cccc(NC(=O)O)n2)N1. The topological polar surface area (TPSA) is 127 Å². The molecule has 164 valence electrons. The molecule has 10 nitrogen and oxygen atoms in total. The minimum absolute atomic E-state index is 0.0781. The lowest BCUT2D eigenvalue weighted by atomic mass is 10.3. The number of nitrogens with one attached hydrogen (secondary N) is 4. The van der Waals surface area contributed by atoms with Crippen LogP contribution < -0.4 is 26.6 Å². The Balaban J connectivity index is 1.88. The molecule has 3 heterocycles. The fraction of sp³-hybridized carbons (Fsp3) is 0.222. The highest BCUT2D eigenvalue weighted by Gasteiger charge is 2.32. The Bertz CT molecular complexity index is 1020. The van der Waals surface area contributed by atoms with Gasteiger partial charge in [0.1, 0.15) is 23.2 Å². The van der Waals surface area contributed by atoms with Gasteiger partial charge in [0, 0.05) is 24.0 Å². The average molecular weight is 436 g/mol. The number of amides is 1. The standard InChI is InChI=1S/C18H19F3N8O2/c1-10(2)23-14-9-15(24-11-6-7-22-12(8-11)18(19,20)21)28-29(27-14)16-5-3-4-13(25-16)26-17(30)31/h3-10,28H,1-2H3,(H,22,24)(H,23,27)(H,25,26)(H,30,31). The first-order valence-corrected chi connectivity index (χ1v) is 9.00. The first-order valence-electron chi connectivity index (χ1n) is 9.00. The molecule has 5 N–H and O–H groups in total. The molecule has 1 aliphatic rings. The Morgan fingerprint density at radius 1 is 1.26 bits per heavy atom. The Labute approximate surface area is 174 Å². The smallest absolute Gasteiger partial charge is 0.433 e. The monoisotopic (exact) mass is 436 g/mol. The number of nitrogens with zero attached hydrogens (tertiary/aromatic N) is 4. The van der Waals surface area contributed by atoms with Crippen LogP contribution in [0.15, 0.2) is 53.4 Å². The molecule has 0 saturated heterocycles. The summed E-state index contributed by atoms with van der Waals surface area (Å²) in [5.74, 6) is 1.07. The van der Waals surface area contributed by atoms with Gasteiger partial charge in [-0.05, 0) is 38.1 Å². The maximum absolute atomic E-state index is 12.9. The van der Waals surface area contributed by atoms with Crippen LogP contribution in [0.1, 0.15) is 19.5 Å². The fourth-order valence-electron chi connectivity index (χ4n) is 2.53. The average Bonchev–Trinajstić information content (AvgIpc) is 2.66. The van der Waals surface area contributed by atoms with Crippen LogP contribution in [-0.4, -0.2) is 33.0 Å². The molecule has 3 rings (SSSR count). The lowest BCUT2D eigenvalue weighted by Gasteiger charge is -2.32. The highest BCUT2D eigenvalue weighted by Crippen LogP contribution is 2.29. The summed E-state index contributed by atoms with van der Waals surface area (Å²) in [4.78, 5) is 22.8. The third kappa shape index (κ3) is 5.98. The molecule has 0 fully saturated rings. The number of amidine groups is 1. The minimum Gasteiger partial charge on any atom is -0.465 e. The van der Waals surface area contributed by atoms with Gasteiger partial charge in [-0.15, -0.1) is 0 Å². The second kappa shape index (κ2) is 8.77. The highest BCUT2D eigenvalue weighted by atomic mass is 19.4. The number of pyridine rings is 2. The van der Waals surface area contributed by atoms with Crippen LogP contribution >= 0.6 is 0 Å². The predicted molar refractivity (Wildman–Crippen MR) is 108 cm³/mol. The van der Waals surface area contributed by atoms with Gasteiger partial charge in [-0.2, -0.15) is 18.3 Å². The molecule has 13 heteroatoms. The van der Waals surface area contributed by atoms with E-state index in [1.54, 1.807) is 18.2 Å². The van der Waals surface area contributed by atoms with E-state index in [2.05, 4.69) is 36.4 Å². The lowest BCUT2D eigenvalue weighted by molar-refractivity contribution is -0.141. The highest BCUT2D eigenvalue weighted by molar-refractivity contribution is 5.96. The van der Waals surface area contributed by atoms with Crippen molar-refractivity contribution in [3.05, 3.63) is 54.1 Å². The quantitative estimate of drug-likeness (QED) is 0.484. The zero-order valence-corrected chi connectivity index (χ0v) is 16.4. The summed E-state index contributed by atoms with van der Waals surface area (Å²) in [6.45, 7) is 3.71. The van der Waals surface area contributed by atoms with Crippen molar-refractivity contribution >= 4 is 29.3 Å². The van der Waals surface area contributed by atoms with E-state index in [0.29, 0.717) is 11.7 Å². The normalized spacial score (nSPS) is 15.2. The number of aromatic nitrogens is 2. The zero-order valence-electron chi connectivity index (χ0n) is 16.4. The fourth-order valence-corrected chi connectivity index (χ4v) is 2.53. The van der Waals surface area contributed by atoms with E-state index in [1.165, 1.54) is 17.3 Å². The van der Waals surface area contributed by atoms with Gasteiger partial charge in [0.2, 0.25) is 0 Å². The third-order valence-corrected chi connectivity index (χ3v) is 3.66. The maximum Gasteiger partial charge on any atom is 0.433 e. The van der Waals surface area contributed by atoms with Crippen LogP contribution in [-0.2, 0) is 6.18 Å². The van der Waals surface area contributed by atoms with Crippen molar-refractivity contribution in [2.45, 2.75) is 26.1 Å². The summed E-state index contributed by atoms with van der Waals surface area (Å²) < 4.78 is 38.8. The molecular formula is C18H19F3N8O2. The van der Waals surface area contributed by atoms with Crippen molar-refractivity contribution in [3.63, 3.8) is 0 Å². The number of anilines is 3. The summed E-state index contributed by atoms with van der Waals surface area (Å²) in [6, 6.07) is 6.83. The Kier molecular flexibility index (Phi) is 6.13. The predicted octanol–water partition coefficient (Wildman–Crippen LogP) is 3.17. The molecule has 2 aromatic heterocycles. The molecule has 0 atom stereocenters. The molecule has 0 unspecified atom stereocenters. The molecular weight excluding hydrogens is 417 g/mol. The van der Waals surface area contributed by atoms with E-state index in [4.69, 9.17) is 5.11 Å². The number of carboxylic acid groups (broad SMARTS) is 1. The molecule has 1 aliphatic heterocycles. The van der Waals surface area contributed by atoms with Crippen molar-refractivity contribution in [2.24, 2.45) is 4.99 Å². The van der Waals surface area contributed by atoms with Gasteiger partial charge in [0.15, 0.2) is 5.82 Å². The Morgan fingerprint density at radius 3 is 2.71 bits per heavy atom. The largest absolute Gasteiger partial charge is 0.465 e. The van der Waals surface area contributed by atoms with E-state index in [-0.39, 0.29) is 23.4 Å². The first kappa shape index (κ1) is 21.7. The number of hydrogen-bond acceptors (Lipinski definition) is 7. The van der Waals surface area contributed by atoms with Gasteiger partial charge in [0.25, 0.3) is 0 Å². The second-order valence-corrected chi connectivity index (χ2v) is 6.59. The number of carbonyl (C=O) groups is 1.